The van der Waals surface area contributed by atoms with Crippen LogP contribution in [0.2, 0.25) is 0 Å². The van der Waals surface area contributed by atoms with E-state index < -0.39 is 22.0 Å². The summed E-state index contributed by atoms with van der Waals surface area (Å²) in [7, 11) is 0.895. The predicted molar refractivity (Wildman–Crippen MR) is 116 cm³/mol. The summed E-state index contributed by atoms with van der Waals surface area (Å²) in [6.45, 7) is 3.35. The molecule has 30 heavy (non-hydrogen) atoms. The predicted octanol–water partition coefficient (Wildman–Crippen LogP) is 2.74. The molecule has 0 aromatic heterocycles. The maximum absolute atomic E-state index is 12.9. The molecule has 164 valence electrons. The number of benzene rings is 2. The molecule has 2 atom stereocenters. The number of methoxy groups -OCH3 is 3. The molecule has 8 nitrogen and oxygen atoms in total. The van der Waals surface area contributed by atoms with Gasteiger partial charge in [0.15, 0.2) is 11.5 Å². The first-order chi connectivity index (χ1) is 14.1. The highest BCUT2D eigenvalue weighted by molar-refractivity contribution is 7.92. The van der Waals surface area contributed by atoms with Crippen LogP contribution >= 0.6 is 0 Å². The Bertz CT molecular complexity index is 975. The molecule has 0 heterocycles. The van der Waals surface area contributed by atoms with Crippen molar-refractivity contribution >= 4 is 21.6 Å². The second kappa shape index (κ2) is 9.71. The van der Waals surface area contributed by atoms with E-state index in [1.165, 1.54) is 14.2 Å². The Kier molecular flexibility index (Phi) is 7.55. The third-order valence-corrected chi connectivity index (χ3v) is 5.92. The van der Waals surface area contributed by atoms with Gasteiger partial charge < -0.3 is 19.5 Å². The molecule has 0 aliphatic heterocycles. The molecular weight excluding hydrogens is 408 g/mol. The minimum Gasteiger partial charge on any atom is -0.497 e. The SMILES string of the molecule is COc1ccc(N(C(C)C(=O)NC(C)c2ccc(OC)c(OC)c2)S(C)(=O)=O)cc1. The number of ether oxygens (including phenoxy) is 3. The number of hydrogen-bond donors (Lipinski definition) is 1. The molecule has 0 spiro atoms. The van der Waals surface area contributed by atoms with Gasteiger partial charge in [0, 0.05) is 0 Å². The van der Waals surface area contributed by atoms with Gasteiger partial charge in [-0.2, -0.15) is 0 Å². The van der Waals surface area contributed by atoms with Crippen LogP contribution in [0.5, 0.6) is 17.2 Å². The molecular formula is C21H28N2O6S. The number of nitrogens with one attached hydrogen (secondary N) is 1. The smallest absolute Gasteiger partial charge is 0.244 e. The summed E-state index contributed by atoms with van der Waals surface area (Å²) in [4.78, 5) is 12.9. The highest BCUT2D eigenvalue weighted by atomic mass is 32.2. The van der Waals surface area contributed by atoms with Gasteiger partial charge in [0.2, 0.25) is 15.9 Å². The van der Waals surface area contributed by atoms with Crippen molar-refractivity contribution in [2.45, 2.75) is 25.9 Å². The largest absolute Gasteiger partial charge is 0.497 e. The summed E-state index contributed by atoms with van der Waals surface area (Å²) in [5, 5.41) is 2.86. The summed E-state index contributed by atoms with van der Waals surface area (Å²) in [5.74, 6) is 1.28. The van der Waals surface area contributed by atoms with E-state index in [4.69, 9.17) is 14.2 Å². The summed E-state index contributed by atoms with van der Waals surface area (Å²) >= 11 is 0. The lowest BCUT2D eigenvalue weighted by atomic mass is 10.1. The molecule has 1 N–H and O–H groups in total. The topological polar surface area (TPSA) is 94.2 Å². The number of carbonyl (C=O) groups is 1. The van der Waals surface area contributed by atoms with E-state index in [0.29, 0.717) is 22.9 Å². The molecule has 0 saturated carbocycles. The molecule has 0 saturated heterocycles. The third-order valence-electron chi connectivity index (χ3n) is 4.68. The zero-order chi connectivity index (χ0) is 22.5. The Morgan fingerprint density at radius 2 is 1.53 bits per heavy atom. The number of anilines is 1. The van der Waals surface area contributed by atoms with E-state index in [1.54, 1.807) is 50.4 Å². The number of sulfonamides is 1. The molecule has 2 aromatic rings. The Morgan fingerprint density at radius 3 is 2.03 bits per heavy atom. The number of amides is 1. The van der Waals surface area contributed by atoms with Gasteiger partial charge in [0.25, 0.3) is 0 Å². The molecule has 0 aliphatic rings. The second-order valence-electron chi connectivity index (χ2n) is 6.78. The van der Waals surface area contributed by atoms with Gasteiger partial charge in [0.1, 0.15) is 11.8 Å². The van der Waals surface area contributed by atoms with Crippen molar-refractivity contribution in [3.8, 4) is 17.2 Å². The van der Waals surface area contributed by atoms with Crippen molar-refractivity contribution in [2.75, 3.05) is 31.9 Å². The van der Waals surface area contributed by atoms with Gasteiger partial charge in [-0.15, -0.1) is 0 Å². The molecule has 0 aliphatic carbocycles. The van der Waals surface area contributed by atoms with Crippen molar-refractivity contribution in [3.63, 3.8) is 0 Å². The first kappa shape index (κ1) is 23.3. The fourth-order valence-electron chi connectivity index (χ4n) is 3.08. The van der Waals surface area contributed by atoms with Crippen molar-refractivity contribution in [3.05, 3.63) is 48.0 Å². The van der Waals surface area contributed by atoms with E-state index >= 15 is 0 Å². The Hall–Kier alpha value is -2.94. The van der Waals surface area contributed by atoms with Crippen LogP contribution in [0.3, 0.4) is 0 Å². The van der Waals surface area contributed by atoms with Crippen LogP contribution in [0.1, 0.15) is 25.5 Å². The number of carbonyl (C=O) groups excluding carboxylic acids is 1. The van der Waals surface area contributed by atoms with Gasteiger partial charge in [-0.25, -0.2) is 8.42 Å². The monoisotopic (exact) mass is 436 g/mol. The van der Waals surface area contributed by atoms with Gasteiger partial charge in [-0.1, -0.05) is 6.07 Å². The van der Waals surface area contributed by atoms with Gasteiger partial charge >= 0.3 is 0 Å². The summed E-state index contributed by atoms with van der Waals surface area (Å²) in [6.07, 6.45) is 1.07. The molecule has 9 heteroatoms. The maximum Gasteiger partial charge on any atom is 0.244 e. The van der Waals surface area contributed by atoms with E-state index in [-0.39, 0.29) is 6.04 Å². The van der Waals surface area contributed by atoms with E-state index in [2.05, 4.69) is 5.32 Å². The Balaban J connectivity index is 2.24. The molecule has 2 rings (SSSR count). The normalized spacial score (nSPS) is 13.1. The quantitative estimate of drug-likeness (QED) is 0.650. The van der Waals surface area contributed by atoms with Gasteiger partial charge in [-0.05, 0) is 55.8 Å². The van der Waals surface area contributed by atoms with Crippen LogP contribution in [0.15, 0.2) is 42.5 Å². The minimum atomic E-state index is -3.71. The van der Waals surface area contributed by atoms with Crippen LogP contribution in [-0.2, 0) is 14.8 Å². The fraction of sp³-hybridized carbons (Fsp3) is 0.381. The van der Waals surface area contributed by atoms with Crippen molar-refractivity contribution in [1.82, 2.24) is 5.32 Å². The second-order valence-corrected chi connectivity index (χ2v) is 8.64. The average Bonchev–Trinajstić information content (AvgIpc) is 2.72. The molecule has 0 bridgehead atoms. The standard InChI is InChI=1S/C21H28N2O6S/c1-14(16-7-12-19(28-4)20(13-16)29-5)22-21(24)15(2)23(30(6,25)26)17-8-10-18(27-3)11-9-17/h7-15H,1-6H3,(H,22,24). The number of rotatable bonds is 9. The van der Waals surface area contributed by atoms with Gasteiger partial charge in [-0.3, -0.25) is 9.10 Å². The number of nitrogens with zero attached hydrogens (tertiary/aromatic N) is 1. The van der Waals surface area contributed by atoms with Crippen LogP contribution in [0.4, 0.5) is 5.69 Å². The molecule has 0 radical (unpaired) electrons. The number of hydrogen-bond acceptors (Lipinski definition) is 6. The van der Waals surface area contributed by atoms with Crippen LogP contribution in [0, 0.1) is 0 Å². The van der Waals surface area contributed by atoms with Crippen molar-refractivity contribution in [2.24, 2.45) is 0 Å². The minimum absolute atomic E-state index is 0.375. The van der Waals surface area contributed by atoms with Crippen LogP contribution in [-0.4, -0.2) is 48.0 Å². The maximum atomic E-state index is 12.9. The summed E-state index contributed by atoms with van der Waals surface area (Å²) in [5.41, 5.74) is 1.17. The third kappa shape index (κ3) is 5.35. The molecule has 2 aromatic carbocycles. The van der Waals surface area contributed by atoms with E-state index in [0.717, 1.165) is 16.1 Å². The first-order valence-electron chi connectivity index (χ1n) is 9.28. The highest BCUT2D eigenvalue weighted by Gasteiger charge is 2.30. The molecule has 0 fully saturated rings. The zero-order valence-electron chi connectivity index (χ0n) is 18.0. The lowest BCUT2D eigenvalue weighted by Crippen LogP contribution is -2.48. The van der Waals surface area contributed by atoms with Gasteiger partial charge in [0.05, 0.1) is 39.3 Å². The van der Waals surface area contributed by atoms with Crippen molar-refractivity contribution < 1.29 is 27.4 Å². The highest BCUT2D eigenvalue weighted by Crippen LogP contribution is 2.30. The van der Waals surface area contributed by atoms with Crippen molar-refractivity contribution in [1.29, 1.82) is 0 Å². The average molecular weight is 437 g/mol. The van der Waals surface area contributed by atoms with E-state index in [1.807, 2.05) is 13.0 Å². The lowest BCUT2D eigenvalue weighted by molar-refractivity contribution is -0.122. The van der Waals surface area contributed by atoms with Crippen LogP contribution in [0.25, 0.3) is 0 Å². The van der Waals surface area contributed by atoms with E-state index in [9.17, 15) is 13.2 Å². The molecule has 2 unspecified atom stereocenters. The fourth-order valence-corrected chi connectivity index (χ4v) is 4.25. The van der Waals surface area contributed by atoms with Crippen LogP contribution < -0.4 is 23.8 Å². The lowest BCUT2D eigenvalue weighted by Gasteiger charge is -2.29. The zero-order valence-corrected chi connectivity index (χ0v) is 18.8. The Morgan fingerprint density at radius 1 is 0.933 bits per heavy atom. The summed E-state index contributed by atoms with van der Waals surface area (Å²) in [6, 6.07) is 10.5. The molecule has 1 amide bonds. The summed E-state index contributed by atoms with van der Waals surface area (Å²) < 4.78 is 41.6. The Labute approximate surface area is 177 Å². The first-order valence-corrected chi connectivity index (χ1v) is 11.1.